The number of thioether (sulfide) groups is 1. The second-order valence-corrected chi connectivity index (χ2v) is 9.45. The fourth-order valence-electron chi connectivity index (χ4n) is 4.09. The van der Waals surface area contributed by atoms with Crippen molar-refractivity contribution in [2.24, 2.45) is 0 Å². The van der Waals surface area contributed by atoms with E-state index in [2.05, 4.69) is 10.3 Å². The average molecular weight is 556 g/mol. The van der Waals surface area contributed by atoms with Gasteiger partial charge in [0.1, 0.15) is 17.3 Å². The van der Waals surface area contributed by atoms with Gasteiger partial charge in [-0.3, -0.25) is 19.1 Å². The van der Waals surface area contributed by atoms with Gasteiger partial charge in [0, 0.05) is 23.5 Å². The standard InChI is InChI=1S/C29H25N5O5S/c1-38-21-14-12-20(13-15-21)33-17-22(19-8-4-3-5-9-19)30-29(33)40-18-27(36)31-25-16-26(35)32-28(37)34(25)23-10-6-7-11-24(23)39-2/h3-17H,18H2,1-2H3,(H,31,36)(H,32,35,37). The van der Waals surface area contributed by atoms with Crippen LogP contribution in [0.3, 0.4) is 0 Å². The number of rotatable bonds is 9. The summed E-state index contributed by atoms with van der Waals surface area (Å²) in [5, 5.41) is 3.29. The molecule has 0 atom stereocenters. The third kappa shape index (κ3) is 5.69. The number of aromatic amines is 1. The molecule has 2 heterocycles. The maximum absolute atomic E-state index is 13.1. The van der Waals surface area contributed by atoms with Gasteiger partial charge in [0.25, 0.3) is 5.56 Å². The fourth-order valence-corrected chi connectivity index (χ4v) is 4.88. The monoisotopic (exact) mass is 555 g/mol. The Morgan fingerprint density at radius 2 is 1.68 bits per heavy atom. The lowest BCUT2D eigenvalue weighted by Gasteiger charge is -2.15. The van der Waals surface area contributed by atoms with E-state index in [4.69, 9.17) is 14.5 Å². The summed E-state index contributed by atoms with van der Waals surface area (Å²) in [6.45, 7) is 0. The Hall–Kier alpha value is -5.03. The number of imidazole rings is 1. The molecule has 10 nitrogen and oxygen atoms in total. The SMILES string of the molecule is COc1ccc(-n2cc(-c3ccccc3)nc2SCC(=O)Nc2cc(=O)[nH]c(=O)n2-c2ccccc2OC)cc1. The van der Waals surface area contributed by atoms with Crippen LogP contribution in [0.1, 0.15) is 0 Å². The minimum atomic E-state index is -0.706. The van der Waals surface area contributed by atoms with Gasteiger partial charge in [0.15, 0.2) is 5.16 Å². The third-order valence-electron chi connectivity index (χ3n) is 5.96. The Bertz CT molecular complexity index is 1760. The zero-order valence-corrected chi connectivity index (χ0v) is 22.5. The molecule has 0 fully saturated rings. The fraction of sp³-hybridized carbons (Fsp3) is 0.103. The van der Waals surface area contributed by atoms with E-state index in [0.29, 0.717) is 16.6 Å². The number of carbonyl (C=O) groups is 1. The molecule has 40 heavy (non-hydrogen) atoms. The number of nitrogens with zero attached hydrogens (tertiary/aromatic N) is 3. The highest BCUT2D eigenvalue weighted by atomic mass is 32.2. The van der Waals surface area contributed by atoms with Crippen LogP contribution in [0.2, 0.25) is 0 Å². The van der Waals surface area contributed by atoms with E-state index in [9.17, 15) is 14.4 Å². The number of para-hydroxylation sites is 2. The summed E-state index contributed by atoms with van der Waals surface area (Å²) < 4.78 is 13.7. The van der Waals surface area contributed by atoms with Crippen LogP contribution in [0.25, 0.3) is 22.6 Å². The van der Waals surface area contributed by atoms with Crippen LogP contribution in [-0.4, -0.2) is 45.0 Å². The summed E-state index contributed by atoms with van der Waals surface area (Å²) >= 11 is 1.22. The molecule has 11 heteroatoms. The van der Waals surface area contributed by atoms with E-state index in [1.165, 1.54) is 23.4 Å². The minimum Gasteiger partial charge on any atom is -0.497 e. The summed E-state index contributed by atoms with van der Waals surface area (Å²) in [5.74, 6) is 0.682. The van der Waals surface area contributed by atoms with Crippen molar-refractivity contribution in [1.29, 1.82) is 0 Å². The first-order valence-corrected chi connectivity index (χ1v) is 13.2. The van der Waals surface area contributed by atoms with Gasteiger partial charge in [0.2, 0.25) is 5.91 Å². The van der Waals surface area contributed by atoms with Gasteiger partial charge in [0.05, 0.1) is 31.4 Å². The number of hydrogen-bond donors (Lipinski definition) is 2. The molecular weight excluding hydrogens is 530 g/mol. The third-order valence-corrected chi connectivity index (χ3v) is 6.91. The Morgan fingerprint density at radius 1 is 0.950 bits per heavy atom. The number of ether oxygens (including phenoxy) is 2. The number of H-pyrrole nitrogens is 1. The number of anilines is 1. The second kappa shape index (κ2) is 11.8. The Balaban J connectivity index is 1.43. The summed E-state index contributed by atoms with van der Waals surface area (Å²) in [6.07, 6.45) is 1.91. The van der Waals surface area contributed by atoms with Crippen molar-refractivity contribution in [3.05, 3.63) is 112 Å². The predicted molar refractivity (Wildman–Crippen MR) is 154 cm³/mol. The molecule has 5 aromatic rings. The van der Waals surface area contributed by atoms with Gasteiger partial charge in [-0.05, 0) is 36.4 Å². The number of nitrogens with one attached hydrogen (secondary N) is 2. The molecule has 0 radical (unpaired) electrons. The van der Waals surface area contributed by atoms with E-state index in [0.717, 1.165) is 28.8 Å². The van der Waals surface area contributed by atoms with Gasteiger partial charge in [-0.1, -0.05) is 54.2 Å². The molecule has 0 aliphatic rings. The number of methoxy groups -OCH3 is 2. The van der Waals surface area contributed by atoms with Crippen LogP contribution < -0.4 is 26.0 Å². The maximum Gasteiger partial charge on any atom is 0.334 e. The lowest BCUT2D eigenvalue weighted by molar-refractivity contribution is -0.113. The Kier molecular flexibility index (Phi) is 7.83. The first kappa shape index (κ1) is 26.6. The molecule has 0 unspecified atom stereocenters. The molecule has 0 spiro atoms. The van der Waals surface area contributed by atoms with Crippen LogP contribution in [0.4, 0.5) is 5.82 Å². The molecule has 0 aliphatic heterocycles. The van der Waals surface area contributed by atoms with Crippen molar-refractivity contribution in [1.82, 2.24) is 19.1 Å². The highest BCUT2D eigenvalue weighted by Crippen LogP contribution is 2.29. The van der Waals surface area contributed by atoms with E-state index < -0.39 is 17.2 Å². The van der Waals surface area contributed by atoms with Gasteiger partial charge in [-0.15, -0.1) is 0 Å². The van der Waals surface area contributed by atoms with Crippen molar-refractivity contribution < 1.29 is 14.3 Å². The van der Waals surface area contributed by atoms with Crippen LogP contribution >= 0.6 is 11.8 Å². The molecule has 202 valence electrons. The first-order valence-electron chi connectivity index (χ1n) is 12.2. The summed E-state index contributed by atoms with van der Waals surface area (Å²) in [7, 11) is 3.08. The lowest BCUT2D eigenvalue weighted by Crippen LogP contribution is -2.32. The minimum absolute atomic E-state index is 0.0207. The molecule has 5 rings (SSSR count). The molecule has 0 saturated carbocycles. The molecule has 1 amide bonds. The lowest BCUT2D eigenvalue weighted by atomic mass is 10.2. The zero-order valence-electron chi connectivity index (χ0n) is 21.7. The van der Waals surface area contributed by atoms with Gasteiger partial charge >= 0.3 is 5.69 Å². The Labute approximate surface area is 233 Å². The van der Waals surface area contributed by atoms with Gasteiger partial charge in [-0.25, -0.2) is 14.3 Å². The highest BCUT2D eigenvalue weighted by Gasteiger charge is 2.17. The van der Waals surface area contributed by atoms with E-state index in [1.54, 1.807) is 31.4 Å². The van der Waals surface area contributed by atoms with Crippen LogP contribution in [0.5, 0.6) is 11.5 Å². The molecule has 0 bridgehead atoms. The number of amides is 1. The van der Waals surface area contributed by atoms with Crippen molar-refractivity contribution in [2.45, 2.75) is 5.16 Å². The number of carbonyl (C=O) groups excluding carboxylic acids is 1. The number of benzene rings is 3. The van der Waals surface area contributed by atoms with Crippen molar-refractivity contribution in [3.8, 4) is 34.1 Å². The summed E-state index contributed by atoms with van der Waals surface area (Å²) in [4.78, 5) is 45.0. The Morgan fingerprint density at radius 3 is 2.40 bits per heavy atom. The van der Waals surface area contributed by atoms with E-state index >= 15 is 0 Å². The van der Waals surface area contributed by atoms with Crippen LogP contribution in [0.15, 0.2) is 106 Å². The number of hydrogen-bond acceptors (Lipinski definition) is 7. The normalized spacial score (nSPS) is 10.8. The van der Waals surface area contributed by atoms with Gasteiger partial charge < -0.3 is 14.8 Å². The average Bonchev–Trinajstić information content (AvgIpc) is 3.41. The van der Waals surface area contributed by atoms with Crippen molar-refractivity contribution in [2.75, 3.05) is 25.3 Å². The zero-order chi connectivity index (χ0) is 28.1. The molecule has 2 aromatic heterocycles. The molecule has 0 aliphatic carbocycles. The van der Waals surface area contributed by atoms with Crippen molar-refractivity contribution in [3.63, 3.8) is 0 Å². The summed E-state index contributed by atoms with van der Waals surface area (Å²) in [6, 6.07) is 25.2. The highest BCUT2D eigenvalue weighted by molar-refractivity contribution is 7.99. The van der Waals surface area contributed by atoms with E-state index in [-0.39, 0.29) is 11.6 Å². The molecule has 2 N–H and O–H groups in total. The smallest absolute Gasteiger partial charge is 0.334 e. The van der Waals surface area contributed by atoms with Crippen LogP contribution in [-0.2, 0) is 4.79 Å². The largest absolute Gasteiger partial charge is 0.497 e. The van der Waals surface area contributed by atoms with E-state index in [1.807, 2.05) is 65.4 Å². The number of aromatic nitrogens is 4. The van der Waals surface area contributed by atoms with Crippen LogP contribution in [0, 0.1) is 0 Å². The molecule has 3 aromatic carbocycles. The van der Waals surface area contributed by atoms with Crippen molar-refractivity contribution >= 4 is 23.5 Å². The summed E-state index contributed by atoms with van der Waals surface area (Å²) in [5.41, 5.74) is 1.56. The second-order valence-electron chi connectivity index (χ2n) is 8.51. The molecular formula is C29H25N5O5S. The quantitative estimate of drug-likeness (QED) is 0.263. The predicted octanol–water partition coefficient (Wildman–Crippen LogP) is 4.13. The molecule has 0 saturated heterocycles. The maximum atomic E-state index is 13.1. The topological polar surface area (TPSA) is 120 Å². The van der Waals surface area contributed by atoms with Gasteiger partial charge in [-0.2, -0.15) is 0 Å². The first-order chi connectivity index (χ1) is 19.5.